The monoisotopic (exact) mass is 275 g/mol. The second kappa shape index (κ2) is 6.27. The Hall–Kier alpha value is -1.55. The number of carbonyl (C=O) groups is 1. The van der Waals surface area contributed by atoms with Crippen LogP contribution in [0.5, 0.6) is 0 Å². The fourth-order valence-corrected chi connectivity index (χ4v) is 2.28. The maximum absolute atomic E-state index is 11.8. The number of amides is 1. The van der Waals surface area contributed by atoms with Crippen molar-refractivity contribution in [2.24, 2.45) is 5.92 Å². The predicted molar refractivity (Wildman–Crippen MR) is 82.9 cm³/mol. The van der Waals surface area contributed by atoms with Crippen molar-refractivity contribution < 1.29 is 4.79 Å². The van der Waals surface area contributed by atoms with Crippen molar-refractivity contribution in [2.45, 2.75) is 18.9 Å². The van der Waals surface area contributed by atoms with Gasteiger partial charge in [-0.25, -0.2) is 0 Å². The van der Waals surface area contributed by atoms with E-state index >= 15 is 0 Å². The molecule has 1 atom stereocenters. The molecule has 20 heavy (non-hydrogen) atoms. The molecular formula is C16H25N3O. The highest BCUT2D eigenvalue weighted by Gasteiger charge is 2.30. The van der Waals surface area contributed by atoms with Gasteiger partial charge in [0, 0.05) is 32.2 Å². The minimum atomic E-state index is 0.210. The summed E-state index contributed by atoms with van der Waals surface area (Å²) in [5.74, 6) is 0.482. The molecule has 110 valence electrons. The number of nitrogens with zero attached hydrogens (tertiary/aromatic N) is 2. The van der Waals surface area contributed by atoms with Gasteiger partial charge >= 0.3 is 0 Å². The molecule has 4 nitrogen and oxygen atoms in total. The normalized spacial score (nSPS) is 16.1. The van der Waals surface area contributed by atoms with Gasteiger partial charge in [-0.1, -0.05) is 12.1 Å². The number of nitrogens with one attached hydrogen (secondary N) is 1. The van der Waals surface area contributed by atoms with Gasteiger partial charge in [0.1, 0.15) is 0 Å². The van der Waals surface area contributed by atoms with E-state index in [0.717, 1.165) is 12.8 Å². The summed E-state index contributed by atoms with van der Waals surface area (Å²) in [7, 11) is 8.17. The highest BCUT2D eigenvalue weighted by Crippen LogP contribution is 2.29. The molecule has 1 amide bonds. The molecule has 1 N–H and O–H groups in total. The van der Waals surface area contributed by atoms with Crippen molar-refractivity contribution in [3.05, 3.63) is 29.8 Å². The molecule has 1 saturated carbocycles. The van der Waals surface area contributed by atoms with Gasteiger partial charge in [-0.05, 0) is 44.6 Å². The first-order chi connectivity index (χ1) is 9.49. The third kappa shape index (κ3) is 3.73. The van der Waals surface area contributed by atoms with Crippen LogP contribution in [0.1, 0.15) is 24.4 Å². The summed E-state index contributed by atoms with van der Waals surface area (Å²) >= 11 is 0. The van der Waals surface area contributed by atoms with E-state index in [1.54, 1.807) is 0 Å². The lowest BCUT2D eigenvalue weighted by Crippen LogP contribution is -2.35. The van der Waals surface area contributed by atoms with E-state index in [0.29, 0.717) is 6.54 Å². The zero-order valence-electron chi connectivity index (χ0n) is 12.9. The van der Waals surface area contributed by atoms with Crippen LogP contribution >= 0.6 is 0 Å². The Bertz CT molecular complexity index is 449. The summed E-state index contributed by atoms with van der Waals surface area (Å²) in [5, 5.41) is 3.07. The molecule has 0 aromatic heterocycles. The number of hydrogen-bond donors (Lipinski definition) is 1. The van der Waals surface area contributed by atoms with Crippen LogP contribution in [0.15, 0.2) is 24.3 Å². The molecule has 4 heteroatoms. The van der Waals surface area contributed by atoms with Crippen LogP contribution in [-0.4, -0.2) is 45.5 Å². The van der Waals surface area contributed by atoms with Crippen LogP contribution in [-0.2, 0) is 4.79 Å². The molecule has 0 unspecified atom stereocenters. The van der Waals surface area contributed by atoms with E-state index in [1.165, 1.54) is 11.3 Å². The Labute approximate surface area is 121 Å². The van der Waals surface area contributed by atoms with Crippen molar-refractivity contribution in [3.8, 4) is 0 Å². The van der Waals surface area contributed by atoms with Gasteiger partial charge in [-0.2, -0.15) is 0 Å². The molecule has 0 radical (unpaired) electrons. The molecule has 0 saturated heterocycles. The molecule has 0 bridgehead atoms. The first-order valence-electron chi connectivity index (χ1n) is 7.20. The van der Waals surface area contributed by atoms with E-state index in [-0.39, 0.29) is 17.9 Å². The Kier molecular flexibility index (Phi) is 4.65. The maximum atomic E-state index is 11.8. The molecule has 1 fully saturated rings. The number of likely N-dealkylation sites (N-methyl/N-ethyl adjacent to an activating group) is 1. The number of rotatable bonds is 6. The minimum Gasteiger partial charge on any atom is -0.378 e. The second-order valence-electron chi connectivity index (χ2n) is 5.98. The van der Waals surface area contributed by atoms with E-state index in [9.17, 15) is 4.79 Å². The van der Waals surface area contributed by atoms with Crippen molar-refractivity contribution in [2.75, 3.05) is 39.6 Å². The quantitative estimate of drug-likeness (QED) is 0.861. The van der Waals surface area contributed by atoms with Gasteiger partial charge in [0.15, 0.2) is 0 Å². The zero-order chi connectivity index (χ0) is 14.7. The van der Waals surface area contributed by atoms with Crippen molar-refractivity contribution in [1.29, 1.82) is 0 Å². The second-order valence-corrected chi connectivity index (χ2v) is 5.98. The van der Waals surface area contributed by atoms with Gasteiger partial charge in [-0.15, -0.1) is 0 Å². The lowest BCUT2D eigenvalue weighted by atomic mass is 10.1. The molecule has 2 rings (SSSR count). The van der Waals surface area contributed by atoms with Crippen LogP contribution < -0.4 is 10.2 Å². The third-order valence-electron chi connectivity index (χ3n) is 3.84. The molecule has 1 aliphatic rings. The summed E-state index contributed by atoms with van der Waals surface area (Å²) in [5.41, 5.74) is 2.42. The Morgan fingerprint density at radius 1 is 1.20 bits per heavy atom. The summed E-state index contributed by atoms with van der Waals surface area (Å²) in [6, 6.07) is 8.74. The summed E-state index contributed by atoms with van der Waals surface area (Å²) in [4.78, 5) is 16.0. The number of hydrogen-bond acceptors (Lipinski definition) is 3. The predicted octanol–water partition coefficient (Wildman–Crippen LogP) is 1.88. The molecular weight excluding hydrogens is 250 g/mol. The van der Waals surface area contributed by atoms with E-state index in [2.05, 4.69) is 39.4 Å². The van der Waals surface area contributed by atoms with Crippen molar-refractivity contribution >= 4 is 11.6 Å². The van der Waals surface area contributed by atoms with Gasteiger partial charge in [0.05, 0.1) is 6.04 Å². The van der Waals surface area contributed by atoms with E-state index in [1.807, 2.05) is 28.2 Å². The third-order valence-corrected chi connectivity index (χ3v) is 3.84. The molecule has 1 aliphatic carbocycles. The fraction of sp³-hybridized carbons (Fsp3) is 0.562. The minimum absolute atomic E-state index is 0.210. The molecule has 1 aromatic carbocycles. The SMILES string of the molecule is CN(C)c1ccc([C@H](CNC(=O)C2CC2)N(C)C)cc1. The fourth-order valence-electron chi connectivity index (χ4n) is 2.28. The maximum Gasteiger partial charge on any atom is 0.223 e. The first-order valence-corrected chi connectivity index (χ1v) is 7.20. The lowest BCUT2D eigenvalue weighted by molar-refractivity contribution is -0.122. The Balaban J connectivity index is 2.01. The van der Waals surface area contributed by atoms with Crippen LogP contribution in [0.3, 0.4) is 0 Å². The van der Waals surface area contributed by atoms with Crippen LogP contribution in [0.25, 0.3) is 0 Å². The molecule has 0 heterocycles. The average Bonchev–Trinajstić information content (AvgIpc) is 3.23. The standard InChI is InChI=1S/C16H25N3O/c1-18(2)14-9-7-12(8-10-14)15(19(3)4)11-17-16(20)13-5-6-13/h7-10,13,15H,5-6,11H2,1-4H3,(H,17,20)/t15-/m0/s1. The smallest absolute Gasteiger partial charge is 0.223 e. The zero-order valence-corrected chi connectivity index (χ0v) is 12.9. The average molecular weight is 275 g/mol. The van der Waals surface area contributed by atoms with Gasteiger partial charge < -0.3 is 15.1 Å². The largest absolute Gasteiger partial charge is 0.378 e. The lowest BCUT2D eigenvalue weighted by Gasteiger charge is -2.25. The summed E-state index contributed by atoms with van der Waals surface area (Å²) < 4.78 is 0. The topological polar surface area (TPSA) is 35.6 Å². The summed E-state index contributed by atoms with van der Waals surface area (Å²) in [6.45, 7) is 0.670. The molecule has 0 aliphatic heterocycles. The highest BCUT2D eigenvalue weighted by molar-refractivity contribution is 5.80. The Morgan fingerprint density at radius 3 is 2.25 bits per heavy atom. The first kappa shape index (κ1) is 14.9. The van der Waals surface area contributed by atoms with Crippen LogP contribution in [0.2, 0.25) is 0 Å². The van der Waals surface area contributed by atoms with Crippen LogP contribution in [0.4, 0.5) is 5.69 Å². The van der Waals surface area contributed by atoms with Crippen molar-refractivity contribution in [3.63, 3.8) is 0 Å². The van der Waals surface area contributed by atoms with Crippen molar-refractivity contribution in [1.82, 2.24) is 10.2 Å². The summed E-state index contributed by atoms with van der Waals surface area (Å²) in [6.07, 6.45) is 2.10. The molecule has 1 aromatic rings. The highest BCUT2D eigenvalue weighted by atomic mass is 16.2. The van der Waals surface area contributed by atoms with Crippen LogP contribution in [0, 0.1) is 5.92 Å². The van der Waals surface area contributed by atoms with E-state index < -0.39 is 0 Å². The number of carbonyl (C=O) groups excluding carboxylic acids is 1. The van der Waals surface area contributed by atoms with Gasteiger partial charge in [0.25, 0.3) is 0 Å². The van der Waals surface area contributed by atoms with E-state index in [4.69, 9.17) is 0 Å². The van der Waals surface area contributed by atoms with Gasteiger partial charge in [0.2, 0.25) is 5.91 Å². The molecule has 0 spiro atoms. The van der Waals surface area contributed by atoms with Gasteiger partial charge in [-0.3, -0.25) is 4.79 Å². The number of anilines is 1. The number of benzene rings is 1. The Morgan fingerprint density at radius 2 is 1.80 bits per heavy atom.